The molecule has 4 rings (SSSR count). The molecular formula is C23H26N4O3. The van der Waals surface area contributed by atoms with Gasteiger partial charge in [0.1, 0.15) is 0 Å². The third-order valence-electron chi connectivity index (χ3n) is 5.81. The van der Waals surface area contributed by atoms with Crippen molar-refractivity contribution in [3.05, 3.63) is 54.4 Å². The van der Waals surface area contributed by atoms with Crippen LogP contribution in [-0.2, 0) is 14.3 Å². The maximum atomic E-state index is 12.6. The summed E-state index contributed by atoms with van der Waals surface area (Å²) in [7, 11) is 1.40. The lowest BCUT2D eigenvalue weighted by molar-refractivity contribution is -0.145. The van der Waals surface area contributed by atoms with Gasteiger partial charge < -0.3 is 9.64 Å². The van der Waals surface area contributed by atoms with E-state index < -0.39 is 0 Å². The number of likely N-dealkylation sites (tertiary alicyclic amines) is 1. The molecule has 1 aromatic carbocycles. The third kappa shape index (κ3) is 4.57. The van der Waals surface area contributed by atoms with Crippen LogP contribution < -0.4 is 0 Å². The van der Waals surface area contributed by atoms with Crippen molar-refractivity contribution in [3.63, 3.8) is 0 Å². The number of esters is 1. The van der Waals surface area contributed by atoms with Crippen molar-refractivity contribution in [3.8, 4) is 11.4 Å². The Balaban J connectivity index is 1.31. The van der Waals surface area contributed by atoms with E-state index in [9.17, 15) is 9.59 Å². The Morgan fingerprint density at radius 2 is 1.83 bits per heavy atom. The van der Waals surface area contributed by atoms with Gasteiger partial charge in [-0.2, -0.15) is 0 Å². The van der Waals surface area contributed by atoms with Crippen molar-refractivity contribution in [1.82, 2.24) is 19.8 Å². The number of benzene rings is 1. The molecule has 1 unspecified atom stereocenters. The Bertz CT molecular complexity index is 927. The Labute approximate surface area is 176 Å². The van der Waals surface area contributed by atoms with E-state index in [1.165, 1.54) is 18.2 Å². The first-order valence-electron chi connectivity index (χ1n) is 10.3. The molecule has 2 aliphatic rings. The van der Waals surface area contributed by atoms with Crippen molar-refractivity contribution in [2.75, 3.05) is 39.8 Å². The lowest BCUT2D eigenvalue weighted by atomic mass is 9.98. The first-order valence-corrected chi connectivity index (χ1v) is 10.3. The van der Waals surface area contributed by atoms with Crippen molar-refractivity contribution < 1.29 is 14.3 Å². The zero-order valence-corrected chi connectivity index (χ0v) is 17.2. The number of amides is 1. The number of aromatic nitrogens is 2. The number of rotatable bonds is 5. The summed E-state index contributed by atoms with van der Waals surface area (Å²) in [6, 6.07) is 10.1. The van der Waals surface area contributed by atoms with Gasteiger partial charge in [0.05, 0.1) is 19.6 Å². The Kier molecular flexibility index (Phi) is 6.18. The summed E-state index contributed by atoms with van der Waals surface area (Å²) >= 11 is 0. The predicted octanol–water partition coefficient (Wildman–Crippen LogP) is 2.25. The van der Waals surface area contributed by atoms with E-state index in [1.807, 2.05) is 18.2 Å². The van der Waals surface area contributed by atoms with Crippen LogP contribution in [0.3, 0.4) is 0 Å². The number of ether oxygens (including phenoxy) is 1. The molecule has 0 saturated carbocycles. The van der Waals surface area contributed by atoms with E-state index in [0.29, 0.717) is 26.1 Å². The van der Waals surface area contributed by atoms with Gasteiger partial charge in [-0.25, -0.2) is 9.97 Å². The van der Waals surface area contributed by atoms with Crippen molar-refractivity contribution in [2.24, 2.45) is 5.92 Å². The van der Waals surface area contributed by atoms with Crippen molar-refractivity contribution in [1.29, 1.82) is 0 Å². The van der Waals surface area contributed by atoms with Crippen molar-refractivity contribution in [2.45, 2.75) is 12.8 Å². The summed E-state index contributed by atoms with van der Waals surface area (Å²) in [6.07, 6.45) is 7.28. The highest BCUT2D eigenvalue weighted by atomic mass is 16.5. The van der Waals surface area contributed by atoms with Crippen LogP contribution >= 0.6 is 0 Å². The molecular weight excluding hydrogens is 380 g/mol. The first-order chi connectivity index (χ1) is 14.6. The molecule has 2 aliphatic heterocycles. The highest BCUT2D eigenvalue weighted by Gasteiger charge is 2.32. The van der Waals surface area contributed by atoms with Gasteiger partial charge in [0.2, 0.25) is 5.91 Å². The van der Waals surface area contributed by atoms with E-state index in [4.69, 9.17) is 4.74 Å². The maximum absolute atomic E-state index is 12.6. The second kappa shape index (κ2) is 9.17. The molecule has 1 saturated heterocycles. The average molecular weight is 406 g/mol. The van der Waals surface area contributed by atoms with Gasteiger partial charge in [0, 0.05) is 44.1 Å². The number of nitrogens with zero attached hydrogens (tertiary/aromatic N) is 4. The zero-order chi connectivity index (χ0) is 20.9. The van der Waals surface area contributed by atoms with Gasteiger partial charge in [0.15, 0.2) is 5.82 Å². The SMILES string of the molecule is COC(=O)C1CCN(C(=O)CN2CC=C(c3ccc(-c4ncccn4)cc3)CC2)C1. The molecule has 1 fully saturated rings. The second-order valence-electron chi connectivity index (χ2n) is 7.71. The zero-order valence-electron chi connectivity index (χ0n) is 17.2. The summed E-state index contributed by atoms with van der Waals surface area (Å²) in [5, 5.41) is 0. The minimum atomic E-state index is -0.222. The Morgan fingerprint density at radius 1 is 1.10 bits per heavy atom. The van der Waals surface area contributed by atoms with Gasteiger partial charge in [-0.15, -0.1) is 0 Å². The normalized spacial score (nSPS) is 19.4. The summed E-state index contributed by atoms with van der Waals surface area (Å²) in [4.78, 5) is 36.8. The molecule has 0 radical (unpaired) electrons. The largest absolute Gasteiger partial charge is 0.469 e. The standard InChI is InChI=1S/C23H26N4O3/c1-30-23(29)20-9-14-27(15-20)21(28)16-26-12-7-18(8-13-26)17-3-5-19(6-4-17)22-24-10-2-11-25-22/h2-7,10-11,20H,8-9,12-16H2,1H3. The molecule has 2 aromatic rings. The average Bonchev–Trinajstić information content (AvgIpc) is 3.30. The molecule has 1 aromatic heterocycles. The van der Waals surface area contributed by atoms with Gasteiger partial charge in [-0.1, -0.05) is 30.3 Å². The van der Waals surface area contributed by atoms with E-state index in [1.54, 1.807) is 17.3 Å². The lowest BCUT2D eigenvalue weighted by Gasteiger charge is -2.28. The van der Waals surface area contributed by atoms with Crippen LogP contribution in [0.4, 0.5) is 0 Å². The number of methoxy groups -OCH3 is 1. The van der Waals surface area contributed by atoms with Gasteiger partial charge in [0.25, 0.3) is 0 Å². The fourth-order valence-electron chi connectivity index (χ4n) is 4.04. The third-order valence-corrected chi connectivity index (χ3v) is 5.81. The predicted molar refractivity (Wildman–Crippen MR) is 113 cm³/mol. The van der Waals surface area contributed by atoms with E-state index in [-0.39, 0.29) is 17.8 Å². The maximum Gasteiger partial charge on any atom is 0.310 e. The van der Waals surface area contributed by atoms with Crippen LogP contribution in [0.15, 0.2) is 48.8 Å². The summed E-state index contributed by atoms with van der Waals surface area (Å²) in [5.74, 6) is 0.407. The quantitative estimate of drug-likeness (QED) is 0.709. The molecule has 0 N–H and O–H groups in total. The van der Waals surface area contributed by atoms with Crippen LogP contribution in [0.25, 0.3) is 17.0 Å². The molecule has 30 heavy (non-hydrogen) atoms. The van der Waals surface area contributed by atoms with E-state index in [2.05, 4.69) is 33.1 Å². The van der Waals surface area contributed by atoms with Gasteiger partial charge in [-0.05, 0) is 30.0 Å². The molecule has 156 valence electrons. The highest BCUT2D eigenvalue weighted by Crippen LogP contribution is 2.25. The minimum absolute atomic E-state index is 0.0884. The lowest BCUT2D eigenvalue weighted by Crippen LogP contribution is -2.41. The number of carbonyl (C=O) groups is 2. The molecule has 1 atom stereocenters. The van der Waals surface area contributed by atoms with Crippen LogP contribution in [0, 0.1) is 5.92 Å². The number of carbonyl (C=O) groups excluding carboxylic acids is 2. The molecule has 0 spiro atoms. The fraction of sp³-hybridized carbons (Fsp3) is 0.391. The summed E-state index contributed by atoms with van der Waals surface area (Å²) in [6.45, 7) is 3.08. The Morgan fingerprint density at radius 3 is 2.50 bits per heavy atom. The highest BCUT2D eigenvalue weighted by molar-refractivity contribution is 5.81. The molecule has 7 heteroatoms. The molecule has 3 heterocycles. The van der Waals surface area contributed by atoms with E-state index >= 15 is 0 Å². The van der Waals surface area contributed by atoms with Gasteiger partial charge in [-0.3, -0.25) is 14.5 Å². The summed E-state index contributed by atoms with van der Waals surface area (Å²) < 4.78 is 4.80. The molecule has 7 nitrogen and oxygen atoms in total. The molecule has 1 amide bonds. The summed E-state index contributed by atoms with van der Waals surface area (Å²) in [5.41, 5.74) is 3.49. The van der Waals surface area contributed by atoms with Crippen molar-refractivity contribution >= 4 is 17.4 Å². The topological polar surface area (TPSA) is 75.6 Å². The molecule has 0 aliphatic carbocycles. The van der Waals surface area contributed by atoms with Crippen LogP contribution in [0.2, 0.25) is 0 Å². The fourth-order valence-corrected chi connectivity index (χ4v) is 4.04. The minimum Gasteiger partial charge on any atom is -0.469 e. The second-order valence-corrected chi connectivity index (χ2v) is 7.71. The first kappa shape index (κ1) is 20.2. The van der Waals surface area contributed by atoms with Crippen LogP contribution in [0.1, 0.15) is 18.4 Å². The molecule has 0 bridgehead atoms. The Hall–Kier alpha value is -3.06. The smallest absolute Gasteiger partial charge is 0.310 e. The van der Waals surface area contributed by atoms with Crippen LogP contribution in [0.5, 0.6) is 0 Å². The van der Waals surface area contributed by atoms with Crippen LogP contribution in [-0.4, -0.2) is 71.5 Å². The van der Waals surface area contributed by atoms with E-state index in [0.717, 1.165) is 30.9 Å². The van der Waals surface area contributed by atoms with Gasteiger partial charge >= 0.3 is 5.97 Å². The monoisotopic (exact) mass is 406 g/mol. The number of hydrogen-bond acceptors (Lipinski definition) is 6. The number of hydrogen-bond donors (Lipinski definition) is 0.